The Morgan fingerprint density at radius 1 is 0.980 bits per heavy atom. The van der Waals surface area contributed by atoms with Gasteiger partial charge < -0.3 is 39.7 Å². The molecule has 0 spiro atoms. The second-order valence-corrected chi connectivity index (χ2v) is 13.8. The van der Waals surface area contributed by atoms with Crippen molar-refractivity contribution in [1.82, 2.24) is 10.3 Å². The van der Waals surface area contributed by atoms with E-state index in [1.807, 2.05) is 12.1 Å². The molecule has 2 atom stereocenters. The molecule has 1 aliphatic carbocycles. The molecule has 4 heterocycles. The summed E-state index contributed by atoms with van der Waals surface area (Å²) in [6.45, 7) is 4.61. The molecule has 2 unspecified atom stereocenters. The number of hydrogen-bond donors (Lipinski definition) is 5. The molecule has 9 nitrogen and oxygen atoms in total. The van der Waals surface area contributed by atoms with Crippen LogP contribution in [0.1, 0.15) is 55.3 Å². The van der Waals surface area contributed by atoms with Crippen molar-refractivity contribution >= 4 is 16.8 Å². The second kappa shape index (κ2) is 12.0. The zero-order valence-corrected chi connectivity index (χ0v) is 27.6. The Morgan fingerprint density at radius 2 is 1.78 bits per heavy atom. The van der Waals surface area contributed by atoms with E-state index < -0.39 is 17.1 Å². The molecule has 2 aliphatic heterocycles. The van der Waals surface area contributed by atoms with Crippen LogP contribution in [0.2, 0.25) is 0 Å². The maximum Gasteiger partial charge on any atom is 0.204 e. The van der Waals surface area contributed by atoms with Crippen LogP contribution in [-0.4, -0.2) is 53.1 Å². The molecule has 5 aromatic rings. The Balaban J connectivity index is 1.32. The average Bonchev–Trinajstić information content (AvgIpc) is 3.75. The summed E-state index contributed by atoms with van der Waals surface area (Å²) in [6.07, 6.45) is 5.21. The molecule has 0 radical (unpaired) electrons. The quantitative estimate of drug-likeness (QED) is 0.138. The molecule has 1 saturated carbocycles. The Labute approximate surface area is 284 Å². The van der Waals surface area contributed by atoms with Gasteiger partial charge in [0.2, 0.25) is 5.75 Å². The third-order valence-electron chi connectivity index (χ3n) is 10.6. The minimum Gasteiger partial charge on any atom is -0.508 e. The van der Waals surface area contributed by atoms with Crippen molar-refractivity contribution in [3.8, 4) is 57.3 Å². The number of fused-ring (bicyclic) bond motifs is 8. The third-order valence-corrected chi connectivity index (χ3v) is 10.6. The minimum atomic E-state index is -0.638. The number of piperazine rings is 1. The Kier molecular flexibility index (Phi) is 7.57. The first-order valence-electron chi connectivity index (χ1n) is 16.9. The SMILES string of the molecule is COc1c(O)c(C2C#CC3CN(CCN3)c3[nH]c(C4(C)CCCC4)cc3-c3cccc(c3)C2)c2oc(-c3ccc(O)cc3)cc(=O)c2c1O. The third kappa shape index (κ3) is 5.37. The Morgan fingerprint density at radius 3 is 2.55 bits per heavy atom. The number of phenols is 3. The summed E-state index contributed by atoms with van der Waals surface area (Å²) in [7, 11) is 1.34. The van der Waals surface area contributed by atoms with Gasteiger partial charge in [-0.25, -0.2) is 0 Å². The summed E-state index contributed by atoms with van der Waals surface area (Å²) >= 11 is 0. The molecule has 250 valence electrons. The molecule has 9 heteroatoms. The molecular weight excluding hydrogens is 618 g/mol. The average molecular weight is 658 g/mol. The van der Waals surface area contributed by atoms with Crippen molar-refractivity contribution in [3.63, 3.8) is 0 Å². The van der Waals surface area contributed by atoms with E-state index in [1.54, 1.807) is 12.1 Å². The zero-order chi connectivity index (χ0) is 33.9. The molecule has 0 amide bonds. The summed E-state index contributed by atoms with van der Waals surface area (Å²) in [4.78, 5) is 19.9. The number of benzene rings is 3. The summed E-state index contributed by atoms with van der Waals surface area (Å²) in [5.74, 6) is 6.65. The number of H-pyrrole nitrogens is 1. The van der Waals surface area contributed by atoms with Crippen LogP contribution in [0.3, 0.4) is 0 Å². The van der Waals surface area contributed by atoms with Crippen molar-refractivity contribution in [3.05, 3.63) is 87.7 Å². The zero-order valence-electron chi connectivity index (χ0n) is 27.6. The largest absolute Gasteiger partial charge is 0.508 e. The van der Waals surface area contributed by atoms with Gasteiger partial charge in [-0.1, -0.05) is 55.9 Å². The fraction of sp³-hybridized carbons (Fsp3) is 0.325. The van der Waals surface area contributed by atoms with Crippen LogP contribution in [0.5, 0.6) is 23.0 Å². The highest BCUT2D eigenvalue weighted by Gasteiger charge is 2.35. The molecule has 2 fully saturated rings. The van der Waals surface area contributed by atoms with Crippen LogP contribution in [-0.2, 0) is 11.8 Å². The summed E-state index contributed by atoms with van der Waals surface area (Å²) in [5, 5.41) is 36.2. The van der Waals surface area contributed by atoms with E-state index >= 15 is 0 Å². The molecule has 4 bridgehead atoms. The number of aromatic hydroxyl groups is 3. The lowest BCUT2D eigenvalue weighted by Gasteiger charge is -2.33. The topological polar surface area (TPSA) is 131 Å². The minimum absolute atomic E-state index is 0.0366. The van der Waals surface area contributed by atoms with Crippen LogP contribution in [0.4, 0.5) is 5.82 Å². The van der Waals surface area contributed by atoms with E-state index in [1.165, 1.54) is 62.2 Å². The number of anilines is 1. The number of ether oxygens (including phenoxy) is 1. The van der Waals surface area contributed by atoms with Crippen molar-refractivity contribution in [2.45, 2.75) is 56.4 Å². The lowest BCUT2D eigenvalue weighted by atomic mass is 9.85. The highest BCUT2D eigenvalue weighted by molar-refractivity contribution is 5.93. The first-order chi connectivity index (χ1) is 23.7. The van der Waals surface area contributed by atoms with Gasteiger partial charge in [-0.15, -0.1) is 0 Å². The number of aromatic amines is 1. The van der Waals surface area contributed by atoms with Crippen LogP contribution >= 0.6 is 0 Å². The van der Waals surface area contributed by atoms with Crippen LogP contribution < -0.4 is 20.4 Å². The highest BCUT2D eigenvalue weighted by Crippen LogP contribution is 2.49. The molecule has 3 aliphatic rings. The van der Waals surface area contributed by atoms with Gasteiger partial charge in [0.1, 0.15) is 22.7 Å². The van der Waals surface area contributed by atoms with Crippen molar-refractivity contribution in [2.75, 3.05) is 31.6 Å². The van der Waals surface area contributed by atoms with E-state index in [2.05, 4.69) is 52.2 Å². The van der Waals surface area contributed by atoms with Gasteiger partial charge >= 0.3 is 0 Å². The molecular formula is C40H39N3O6. The van der Waals surface area contributed by atoms with E-state index in [-0.39, 0.29) is 51.0 Å². The lowest BCUT2D eigenvalue weighted by Crippen LogP contribution is -2.50. The number of methoxy groups -OCH3 is 1. The molecule has 1 saturated heterocycles. The standard InChI is InChI=1S/C40H39N3O6/c1-40(14-3-4-15-40)32-20-29-25-7-5-6-23(18-25)19-26(8-11-27-22-43(17-16-41-27)39(29)42-32)33-35(46)38(48-2)36(47)34-30(45)21-31(49-37(33)34)24-9-12-28(44)13-10-24/h5-7,9-10,12-13,18,20-21,26-27,41-42,44,46-47H,3-4,14-17,19,22H2,1-2H3. The van der Waals surface area contributed by atoms with Gasteiger partial charge in [-0.05, 0) is 60.7 Å². The summed E-state index contributed by atoms with van der Waals surface area (Å²) < 4.78 is 11.8. The number of nitrogens with one attached hydrogen (secondary N) is 2. The maximum atomic E-state index is 13.6. The van der Waals surface area contributed by atoms with Gasteiger partial charge in [-0.2, -0.15) is 0 Å². The van der Waals surface area contributed by atoms with Gasteiger partial charge in [0.15, 0.2) is 22.5 Å². The first kappa shape index (κ1) is 31.0. The Bertz CT molecular complexity index is 2200. The van der Waals surface area contributed by atoms with Crippen molar-refractivity contribution in [2.24, 2.45) is 0 Å². The molecule has 49 heavy (non-hydrogen) atoms. The van der Waals surface area contributed by atoms with Crippen molar-refractivity contribution < 1.29 is 24.5 Å². The predicted octanol–water partition coefficient (Wildman–Crippen LogP) is 6.53. The smallest absolute Gasteiger partial charge is 0.204 e. The second-order valence-electron chi connectivity index (χ2n) is 13.8. The molecule has 2 aromatic heterocycles. The van der Waals surface area contributed by atoms with Gasteiger partial charge in [0.25, 0.3) is 0 Å². The lowest BCUT2D eigenvalue weighted by molar-refractivity contribution is 0.343. The van der Waals surface area contributed by atoms with Gasteiger partial charge in [0.05, 0.1) is 24.6 Å². The predicted molar refractivity (Wildman–Crippen MR) is 190 cm³/mol. The van der Waals surface area contributed by atoms with E-state index in [9.17, 15) is 20.1 Å². The fourth-order valence-electron chi connectivity index (χ4n) is 7.89. The van der Waals surface area contributed by atoms with E-state index in [0.29, 0.717) is 18.5 Å². The Hall–Kier alpha value is -5.33. The summed E-state index contributed by atoms with van der Waals surface area (Å²) in [6, 6.07) is 18.2. The number of rotatable bonds is 4. The number of phenolic OH excluding ortho intramolecular Hbond substituents is 3. The number of aromatic nitrogens is 1. The normalized spacial score (nSPS) is 19.8. The maximum absolute atomic E-state index is 13.6. The van der Waals surface area contributed by atoms with Gasteiger partial charge in [0, 0.05) is 47.9 Å². The van der Waals surface area contributed by atoms with Gasteiger partial charge in [-0.3, -0.25) is 4.79 Å². The van der Waals surface area contributed by atoms with Crippen LogP contribution in [0.25, 0.3) is 33.4 Å². The fourth-order valence-corrected chi connectivity index (χ4v) is 7.89. The number of hydrogen-bond acceptors (Lipinski definition) is 8. The monoisotopic (exact) mass is 657 g/mol. The first-order valence-corrected chi connectivity index (χ1v) is 16.9. The number of nitrogens with zero attached hydrogens (tertiary/aromatic N) is 1. The van der Waals surface area contributed by atoms with Crippen LogP contribution in [0.15, 0.2) is 69.9 Å². The highest BCUT2D eigenvalue weighted by atomic mass is 16.5. The van der Waals surface area contributed by atoms with Crippen LogP contribution in [0, 0.1) is 11.8 Å². The van der Waals surface area contributed by atoms with E-state index in [4.69, 9.17) is 9.15 Å². The van der Waals surface area contributed by atoms with E-state index in [0.717, 1.165) is 30.0 Å². The molecule has 8 rings (SSSR count). The van der Waals surface area contributed by atoms with Crippen molar-refractivity contribution in [1.29, 1.82) is 0 Å². The molecule has 5 N–H and O–H groups in total. The summed E-state index contributed by atoms with van der Waals surface area (Å²) in [5.41, 5.74) is 5.01. The molecule has 3 aromatic carbocycles.